The first-order valence-electron chi connectivity index (χ1n) is 5.51. The van der Waals surface area contributed by atoms with Gasteiger partial charge in [-0.05, 0) is 19.1 Å². The second-order valence-electron chi connectivity index (χ2n) is 4.03. The molecule has 1 atom stereocenters. The van der Waals surface area contributed by atoms with Crippen molar-refractivity contribution in [3.05, 3.63) is 29.6 Å². The fourth-order valence-electron chi connectivity index (χ4n) is 1.70. The topological polar surface area (TPSA) is 71.1 Å². The van der Waals surface area contributed by atoms with Gasteiger partial charge >= 0.3 is 0 Å². The van der Waals surface area contributed by atoms with E-state index < -0.39 is 5.82 Å². The first-order valence-corrected chi connectivity index (χ1v) is 5.51. The molecule has 0 aliphatic rings. The van der Waals surface area contributed by atoms with Crippen molar-refractivity contribution >= 4 is 11.5 Å². The molecule has 0 bridgehead atoms. The molecule has 5 nitrogen and oxygen atoms in total. The van der Waals surface area contributed by atoms with Crippen LogP contribution in [0.5, 0.6) is 0 Å². The number of methoxy groups -OCH3 is 1. The summed E-state index contributed by atoms with van der Waals surface area (Å²) in [6, 6.07) is 4.59. The number of amidine groups is 1. The van der Waals surface area contributed by atoms with Crippen molar-refractivity contribution in [1.82, 2.24) is 0 Å². The van der Waals surface area contributed by atoms with Crippen LogP contribution in [-0.4, -0.2) is 37.8 Å². The van der Waals surface area contributed by atoms with Gasteiger partial charge in [0, 0.05) is 20.2 Å². The molecule has 100 valence electrons. The van der Waals surface area contributed by atoms with E-state index in [0.717, 1.165) is 0 Å². The number of anilines is 1. The summed E-state index contributed by atoms with van der Waals surface area (Å²) in [4.78, 5) is 1.82. The predicted octanol–water partition coefficient (Wildman–Crippen LogP) is 1.39. The van der Waals surface area contributed by atoms with Gasteiger partial charge in [0.05, 0.1) is 17.9 Å². The van der Waals surface area contributed by atoms with E-state index >= 15 is 0 Å². The van der Waals surface area contributed by atoms with Gasteiger partial charge in [-0.15, -0.1) is 0 Å². The van der Waals surface area contributed by atoms with Gasteiger partial charge in [0.15, 0.2) is 5.84 Å². The Balaban J connectivity index is 3.20. The molecular weight excluding hydrogens is 237 g/mol. The van der Waals surface area contributed by atoms with Gasteiger partial charge in [-0.2, -0.15) is 0 Å². The number of likely N-dealkylation sites (N-methyl/N-ethyl adjacent to an activating group) is 1. The first kappa shape index (κ1) is 14.2. The molecule has 1 unspecified atom stereocenters. The average molecular weight is 255 g/mol. The van der Waals surface area contributed by atoms with Gasteiger partial charge < -0.3 is 20.6 Å². The number of rotatable bonds is 5. The minimum atomic E-state index is -0.528. The normalized spacial score (nSPS) is 13.4. The number of oxime groups is 1. The number of benzene rings is 1. The van der Waals surface area contributed by atoms with Gasteiger partial charge in [-0.1, -0.05) is 11.2 Å². The zero-order chi connectivity index (χ0) is 13.7. The smallest absolute Gasteiger partial charge is 0.175 e. The lowest BCUT2D eigenvalue weighted by atomic mass is 10.1. The molecule has 0 aliphatic carbocycles. The third kappa shape index (κ3) is 2.89. The molecule has 0 aliphatic heterocycles. The van der Waals surface area contributed by atoms with Crippen LogP contribution in [0.4, 0.5) is 10.1 Å². The van der Waals surface area contributed by atoms with E-state index in [-0.39, 0.29) is 17.4 Å². The molecule has 0 aromatic heterocycles. The van der Waals surface area contributed by atoms with Crippen LogP contribution < -0.4 is 10.6 Å². The van der Waals surface area contributed by atoms with Gasteiger partial charge in [-0.3, -0.25) is 0 Å². The van der Waals surface area contributed by atoms with E-state index in [1.165, 1.54) is 6.07 Å². The molecule has 0 heterocycles. The van der Waals surface area contributed by atoms with E-state index in [9.17, 15) is 4.39 Å². The quantitative estimate of drug-likeness (QED) is 0.361. The van der Waals surface area contributed by atoms with E-state index in [0.29, 0.717) is 12.3 Å². The maximum absolute atomic E-state index is 13.8. The number of hydrogen-bond donors (Lipinski definition) is 2. The van der Waals surface area contributed by atoms with Crippen LogP contribution in [0.3, 0.4) is 0 Å². The molecule has 6 heteroatoms. The van der Waals surface area contributed by atoms with Crippen molar-refractivity contribution in [2.24, 2.45) is 10.9 Å². The summed E-state index contributed by atoms with van der Waals surface area (Å²) in [5.74, 6) is -0.779. The second kappa shape index (κ2) is 6.20. The fraction of sp³-hybridized carbons (Fsp3) is 0.417. The van der Waals surface area contributed by atoms with Gasteiger partial charge in [-0.25, -0.2) is 4.39 Å². The summed E-state index contributed by atoms with van der Waals surface area (Å²) >= 11 is 0. The second-order valence-corrected chi connectivity index (χ2v) is 4.03. The average Bonchev–Trinajstić information content (AvgIpc) is 2.37. The van der Waals surface area contributed by atoms with Crippen molar-refractivity contribution in [2.45, 2.75) is 13.0 Å². The Hall–Kier alpha value is -1.82. The third-order valence-electron chi connectivity index (χ3n) is 2.80. The molecular formula is C12H18FN3O2. The van der Waals surface area contributed by atoms with Crippen molar-refractivity contribution in [1.29, 1.82) is 0 Å². The lowest BCUT2D eigenvalue weighted by Crippen LogP contribution is -2.34. The molecule has 0 spiro atoms. The lowest BCUT2D eigenvalue weighted by molar-refractivity contribution is 0.183. The standard InChI is InChI=1S/C12H18FN3O2/c1-8(7-18-3)16(2)10-6-4-5-9(13)11(10)12(14)15-17/h4-6,8,17H,7H2,1-3H3,(H2,14,15). The predicted molar refractivity (Wildman–Crippen MR) is 68.7 cm³/mol. The monoisotopic (exact) mass is 255 g/mol. The summed E-state index contributed by atoms with van der Waals surface area (Å²) in [6.07, 6.45) is 0. The third-order valence-corrected chi connectivity index (χ3v) is 2.80. The Labute approximate surface area is 106 Å². The van der Waals surface area contributed by atoms with E-state index in [1.807, 2.05) is 11.8 Å². The van der Waals surface area contributed by atoms with Gasteiger partial charge in [0.2, 0.25) is 0 Å². The summed E-state index contributed by atoms with van der Waals surface area (Å²) in [7, 11) is 3.40. The SMILES string of the molecule is COCC(C)N(C)c1cccc(F)c1C(N)=NO. The Kier molecular flexibility index (Phi) is 4.91. The summed E-state index contributed by atoms with van der Waals surface area (Å²) in [6.45, 7) is 2.42. The van der Waals surface area contributed by atoms with Gasteiger partial charge in [0.1, 0.15) is 5.82 Å². The Morgan fingerprint density at radius 1 is 1.61 bits per heavy atom. The highest BCUT2D eigenvalue weighted by molar-refractivity contribution is 6.02. The Bertz CT molecular complexity index is 437. The summed E-state index contributed by atoms with van der Waals surface area (Å²) in [5.41, 5.74) is 6.15. The first-order chi connectivity index (χ1) is 8.52. The zero-order valence-electron chi connectivity index (χ0n) is 10.7. The maximum atomic E-state index is 13.8. The minimum absolute atomic E-state index is 0.0297. The Morgan fingerprint density at radius 2 is 2.28 bits per heavy atom. The van der Waals surface area contributed by atoms with E-state index in [2.05, 4.69) is 5.16 Å². The van der Waals surface area contributed by atoms with Crippen molar-refractivity contribution < 1.29 is 14.3 Å². The number of hydrogen-bond acceptors (Lipinski definition) is 4. The van der Waals surface area contributed by atoms with E-state index in [4.69, 9.17) is 15.7 Å². The summed E-state index contributed by atoms with van der Waals surface area (Å²) < 4.78 is 18.8. The van der Waals surface area contributed by atoms with Crippen molar-refractivity contribution in [3.63, 3.8) is 0 Å². The molecule has 18 heavy (non-hydrogen) atoms. The zero-order valence-corrected chi connectivity index (χ0v) is 10.7. The molecule has 0 saturated heterocycles. The molecule has 1 rings (SSSR count). The highest BCUT2D eigenvalue weighted by atomic mass is 19.1. The van der Waals surface area contributed by atoms with Crippen LogP contribution in [0.25, 0.3) is 0 Å². The molecule has 0 amide bonds. The lowest BCUT2D eigenvalue weighted by Gasteiger charge is -2.28. The fourth-order valence-corrected chi connectivity index (χ4v) is 1.70. The minimum Gasteiger partial charge on any atom is -0.409 e. The van der Waals surface area contributed by atoms with Gasteiger partial charge in [0.25, 0.3) is 0 Å². The molecule has 0 saturated carbocycles. The highest BCUT2D eigenvalue weighted by Gasteiger charge is 2.19. The van der Waals surface area contributed by atoms with Crippen LogP contribution in [0.1, 0.15) is 12.5 Å². The number of ether oxygens (including phenoxy) is 1. The molecule has 0 fully saturated rings. The largest absolute Gasteiger partial charge is 0.409 e. The number of nitrogens with zero attached hydrogens (tertiary/aromatic N) is 2. The van der Waals surface area contributed by atoms with Crippen LogP contribution in [-0.2, 0) is 4.74 Å². The summed E-state index contributed by atoms with van der Waals surface area (Å²) in [5, 5.41) is 11.6. The number of halogens is 1. The van der Waals surface area contributed by atoms with Crippen LogP contribution in [0, 0.1) is 5.82 Å². The molecule has 3 N–H and O–H groups in total. The van der Waals surface area contributed by atoms with Crippen LogP contribution in [0.2, 0.25) is 0 Å². The number of nitrogens with two attached hydrogens (primary N) is 1. The van der Waals surface area contributed by atoms with Crippen molar-refractivity contribution in [3.8, 4) is 0 Å². The molecule has 1 aromatic carbocycles. The Morgan fingerprint density at radius 3 is 2.83 bits per heavy atom. The molecule has 1 aromatic rings. The maximum Gasteiger partial charge on any atom is 0.175 e. The highest BCUT2D eigenvalue weighted by Crippen LogP contribution is 2.23. The molecule has 0 radical (unpaired) electrons. The van der Waals surface area contributed by atoms with E-state index in [1.54, 1.807) is 26.3 Å². The van der Waals surface area contributed by atoms with Crippen LogP contribution >= 0.6 is 0 Å². The van der Waals surface area contributed by atoms with Crippen molar-refractivity contribution in [2.75, 3.05) is 25.7 Å². The van der Waals surface area contributed by atoms with Crippen LogP contribution in [0.15, 0.2) is 23.4 Å².